The first kappa shape index (κ1) is 16.4. The van der Waals surface area contributed by atoms with Crippen molar-refractivity contribution in [2.45, 2.75) is 39.7 Å². The maximum atomic E-state index is 12.1. The normalized spacial score (nSPS) is 12.2. The van der Waals surface area contributed by atoms with Gasteiger partial charge in [0.25, 0.3) is 5.91 Å². The minimum Gasteiger partial charge on any atom is -0.480 e. The van der Waals surface area contributed by atoms with Crippen molar-refractivity contribution in [1.29, 1.82) is 0 Å². The first-order valence-electron chi connectivity index (χ1n) is 6.55. The molecule has 0 saturated carbocycles. The summed E-state index contributed by atoms with van der Waals surface area (Å²) in [6, 6.07) is 2.16. The molecule has 0 saturated heterocycles. The van der Waals surface area contributed by atoms with Gasteiger partial charge in [-0.3, -0.25) is 4.79 Å². The van der Waals surface area contributed by atoms with Crippen LogP contribution >= 0.6 is 11.6 Å². The maximum absolute atomic E-state index is 12.1. The number of aliphatic carboxylic acids is 1. The third-order valence-electron chi connectivity index (χ3n) is 2.83. The summed E-state index contributed by atoms with van der Waals surface area (Å²) in [6.45, 7) is 5.48. The highest BCUT2D eigenvalue weighted by Gasteiger charge is 2.24. The summed E-state index contributed by atoms with van der Waals surface area (Å²) < 4.78 is 0. The lowest BCUT2D eigenvalue weighted by molar-refractivity contribution is -0.140. The molecule has 2 N–H and O–H groups in total. The fourth-order valence-corrected chi connectivity index (χ4v) is 2.03. The average molecular weight is 299 g/mol. The standard InChI is InChI=1S/C14H19ClN2O3/c1-4-5-10-6-9(7-11(15)16-10)13(18)17-12(8(2)3)14(19)20/h6-8,12H,4-5H2,1-3H3,(H,17,18)(H,19,20). The third kappa shape index (κ3) is 4.49. The van der Waals surface area contributed by atoms with Crippen LogP contribution in [0.1, 0.15) is 43.2 Å². The molecular weight excluding hydrogens is 280 g/mol. The minimum absolute atomic E-state index is 0.205. The first-order chi connectivity index (χ1) is 9.35. The van der Waals surface area contributed by atoms with Gasteiger partial charge in [0.2, 0.25) is 0 Å². The molecule has 110 valence electrons. The van der Waals surface area contributed by atoms with Gasteiger partial charge in [-0.05, 0) is 24.5 Å². The van der Waals surface area contributed by atoms with Crippen molar-refractivity contribution in [2.75, 3.05) is 0 Å². The number of aromatic nitrogens is 1. The van der Waals surface area contributed by atoms with Crippen molar-refractivity contribution in [3.05, 3.63) is 28.5 Å². The van der Waals surface area contributed by atoms with Crippen molar-refractivity contribution in [3.63, 3.8) is 0 Å². The Balaban J connectivity index is 2.94. The summed E-state index contributed by atoms with van der Waals surface area (Å²) in [5.74, 6) is -1.71. The zero-order valence-corrected chi connectivity index (χ0v) is 12.6. The molecule has 0 bridgehead atoms. The Hall–Kier alpha value is -1.62. The van der Waals surface area contributed by atoms with Crippen LogP contribution in [0.25, 0.3) is 0 Å². The smallest absolute Gasteiger partial charge is 0.326 e. The summed E-state index contributed by atoms with van der Waals surface area (Å²) in [7, 11) is 0. The molecule has 0 aromatic carbocycles. The molecule has 1 rings (SSSR count). The minimum atomic E-state index is -1.05. The molecule has 5 nitrogen and oxygen atoms in total. The lowest BCUT2D eigenvalue weighted by Crippen LogP contribution is -2.44. The quantitative estimate of drug-likeness (QED) is 0.791. The lowest BCUT2D eigenvalue weighted by Gasteiger charge is -2.18. The number of aryl methyl sites for hydroxylation is 1. The van der Waals surface area contributed by atoms with Crippen LogP contribution < -0.4 is 5.32 Å². The van der Waals surface area contributed by atoms with Crippen molar-refractivity contribution in [2.24, 2.45) is 5.92 Å². The van der Waals surface area contributed by atoms with Crippen LogP contribution in [0.3, 0.4) is 0 Å². The number of carboxylic acid groups (broad SMARTS) is 1. The van der Waals surface area contributed by atoms with Gasteiger partial charge in [0.1, 0.15) is 11.2 Å². The predicted octanol–water partition coefficient (Wildman–Crippen LogP) is 2.53. The van der Waals surface area contributed by atoms with E-state index in [4.69, 9.17) is 16.7 Å². The molecule has 0 aliphatic heterocycles. The van der Waals surface area contributed by atoms with Crippen LogP contribution in [-0.4, -0.2) is 28.0 Å². The van der Waals surface area contributed by atoms with E-state index in [1.54, 1.807) is 19.9 Å². The average Bonchev–Trinajstić information content (AvgIpc) is 2.34. The van der Waals surface area contributed by atoms with E-state index in [-0.39, 0.29) is 11.1 Å². The lowest BCUT2D eigenvalue weighted by atomic mass is 10.0. The van der Waals surface area contributed by atoms with Crippen molar-refractivity contribution >= 4 is 23.5 Å². The first-order valence-corrected chi connectivity index (χ1v) is 6.93. The molecule has 6 heteroatoms. The van der Waals surface area contributed by atoms with E-state index in [9.17, 15) is 9.59 Å². The molecule has 1 aromatic heterocycles. The largest absolute Gasteiger partial charge is 0.480 e. The van der Waals surface area contributed by atoms with Crippen LogP contribution in [0, 0.1) is 5.92 Å². The van der Waals surface area contributed by atoms with Crippen LogP contribution in [0.2, 0.25) is 5.15 Å². The van der Waals surface area contributed by atoms with E-state index in [0.717, 1.165) is 12.1 Å². The molecule has 20 heavy (non-hydrogen) atoms. The molecule has 1 atom stereocenters. The van der Waals surface area contributed by atoms with Gasteiger partial charge in [0, 0.05) is 11.3 Å². The van der Waals surface area contributed by atoms with Gasteiger partial charge in [-0.2, -0.15) is 0 Å². The van der Waals surface area contributed by atoms with Gasteiger partial charge in [0.15, 0.2) is 0 Å². The second-order valence-electron chi connectivity index (χ2n) is 4.95. The SMILES string of the molecule is CCCc1cc(C(=O)NC(C(=O)O)C(C)C)cc(Cl)n1. The molecular formula is C14H19ClN2O3. The van der Waals surface area contributed by atoms with Gasteiger partial charge in [-0.25, -0.2) is 9.78 Å². The summed E-state index contributed by atoms with van der Waals surface area (Å²) in [5.41, 5.74) is 1.06. The Kier molecular flexibility index (Phi) is 5.95. The molecule has 0 spiro atoms. The molecule has 1 amide bonds. The molecule has 0 aliphatic carbocycles. The summed E-state index contributed by atoms with van der Waals surface area (Å²) >= 11 is 5.88. The number of nitrogens with one attached hydrogen (secondary N) is 1. The summed E-state index contributed by atoms with van der Waals surface area (Å²) in [6.07, 6.45) is 1.60. The fourth-order valence-electron chi connectivity index (χ4n) is 1.80. The molecule has 1 heterocycles. The monoisotopic (exact) mass is 298 g/mol. The fraction of sp³-hybridized carbons (Fsp3) is 0.500. The number of rotatable bonds is 6. The molecule has 0 radical (unpaired) electrons. The highest BCUT2D eigenvalue weighted by Crippen LogP contribution is 2.13. The van der Waals surface area contributed by atoms with Gasteiger partial charge in [0.05, 0.1) is 0 Å². The highest BCUT2D eigenvalue weighted by molar-refractivity contribution is 6.29. The van der Waals surface area contributed by atoms with Crippen LogP contribution in [0.4, 0.5) is 0 Å². The van der Waals surface area contributed by atoms with Gasteiger partial charge >= 0.3 is 5.97 Å². The van der Waals surface area contributed by atoms with E-state index in [1.165, 1.54) is 6.07 Å². The summed E-state index contributed by atoms with van der Waals surface area (Å²) in [4.78, 5) is 27.3. The van der Waals surface area contributed by atoms with Crippen molar-refractivity contribution in [1.82, 2.24) is 10.3 Å². The zero-order chi connectivity index (χ0) is 15.3. The van der Waals surface area contributed by atoms with Crippen LogP contribution in [-0.2, 0) is 11.2 Å². The highest BCUT2D eigenvalue weighted by atomic mass is 35.5. The van der Waals surface area contributed by atoms with E-state index < -0.39 is 17.9 Å². The molecule has 1 unspecified atom stereocenters. The van der Waals surface area contributed by atoms with Gasteiger partial charge in [-0.1, -0.05) is 38.8 Å². The van der Waals surface area contributed by atoms with E-state index in [2.05, 4.69) is 10.3 Å². The van der Waals surface area contributed by atoms with E-state index in [0.29, 0.717) is 12.0 Å². The van der Waals surface area contributed by atoms with E-state index in [1.807, 2.05) is 6.92 Å². The number of nitrogens with zero attached hydrogens (tertiary/aromatic N) is 1. The molecule has 0 fully saturated rings. The Labute approximate surface area is 123 Å². The Morgan fingerprint density at radius 2 is 2.05 bits per heavy atom. The summed E-state index contributed by atoms with van der Waals surface area (Å²) in [5, 5.41) is 11.8. The second kappa shape index (κ2) is 7.24. The van der Waals surface area contributed by atoms with Crippen molar-refractivity contribution < 1.29 is 14.7 Å². The number of halogens is 1. The maximum Gasteiger partial charge on any atom is 0.326 e. The number of carbonyl (C=O) groups excluding carboxylic acids is 1. The van der Waals surface area contributed by atoms with Gasteiger partial charge < -0.3 is 10.4 Å². The van der Waals surface area contributed by atoms with Crippen LogP contribution in [0.5, 0.6) is 0 Å². The van der Waals surface area contributed by atoms with Gasteiger partial charge in [-0.15, -0.1) is 0 Å². The third-order valence-corrected chi connectivity index (χ3v) is 3.03. The Morgan fingerprint density at radius 1 is 1.40 bits per heavy atom. The number of carbonyl (C=O) groups is 2. The Morgan fingerprint density at radius 3 is 2.55 bits per heavy atom. The second-order valence-corrected chi connectivity index (χ2v) is 5.34. The number of pyridine rings is 1. The number of hydrogen-bond donors (Lipinski definition) is 2. The Bertz CT molecular complexity index is 503. The number of carboxylic acids is 1. The van der Waals surface area contributed by atoms with Crippen molar-refractivity contribution in [3.8, 4) is 0 Å². The zero-order valence-electron chi connectivity index (χ0n) is 11.8. The number of hydrogen-bond acceptors (Lipinski definition) is 3. The van der Waals surface area contributed by atoms with E-state index >= 15 is 0 Å². The molecule has 1 aromatic rings. The van der Waals surface area contributed by atoms with Crippen LogP contribution in [0.15, 0.2) is 12.1 Å². The number of amides is 1. The topological polar surface area (TPSA) is 79.3 Å². The predicted molar refractivity (Wildman–Crippen MR) is 77.0 cm³/mol. The molecule has 0 aliphatic rings.